The second-order valence-corrected chi connectivity index (χ2v) is 4.57. The van der Waals surface area contributed by atoms with Crippen LogP contribution in [0.2, 0.25) is 0 Å². The molecule has 1 aliphatic heterocycles. The van der Waals surface area contributed by atoms with Crippen LogP contribution in [-0.2, 0) is 4.74 Å². The highest BCUT2D eigenvalue weighted by molar-refractivity contribution is 4.68. The van der Waals surface area contributed by atoms with Crippen LogP contribution in [-0.4, -0.2) is 24.9 Å². The van der Waals surface area contributed by atoms with Gasteiger partial charge in [-0.2, -0.15) is 0 Å². The summed E-state index contributed by atoms with van der Waals surface area (Å²) in [5.41, 5.74) is 0. The number of hydrogen-bond donors (Lipinski definition) is 1. The summed E-state index contributed by atoms with van der Waals surface area (Å²) >= 11 is 0. The van der Waals surface area contributed by atoms with Crippen LogP contribution < -0.4 is 0 Å². The number of unbranched alkanes of at least 4 members (excludes halogenated alkanes) is 8. The molecule has 0 spiro atoms. The molecule has 0 aliphatic carbocycles. The highest BCUT2D eigenvalue weighted by atomic mass is 16.6. The van der Waals surface area contributed by atoms with E-state index >= 15 is 0 Å². The van der Waals surface area contributed by atoms with Crippen molar-refractivity contribution >= 4 is 0 Å². The van der Waals surface area contributed by atoms with Gasteiger partial charge < -0.3 is 9.84 Å². The monoisotopic (exact) mass is 230 g/mol. The number of rotatable bonds is 10. The fourth-order valence-corrected chi connectivity index (χ4v) is 1.92. The minimum Gasteiger partial charge on any atom is -0.400 e. The Labute approximate surface area is 101 Å². The Kier molecular flexibility index (Phi) is 12.9. The lowest BCUT2D eigenvalue weighted by Crippen LogP contribution is -1.86. The highest BCUT2D eigenvalue weighted by Gasteiger charge is 2.20. The third-order valence-corrected chi connectivity index (χ3v) is 3.03. The summed E-state index contributed by atoms with van der Waals surface area (Å²) in [4.78, 5) is 0. The molecule has 1 rings (SSSR count). The number of epoxide rings is 1. The lowest BCUT2D eigenvalue weighted by Gasteiger charge is -2.00. The van der Waals surface area contributed by atoms with E-state index < -0.39 is 0 Å². The average Bonchev–Trinajstić information content (AvgIpc) is 3.14. The maximum atomic E-state index is 7.00. The molecular weight excluding hydrogens is 200 g/mol. The highest BCUT2D eigenvalue weighted by Crippen LogP contribution is 2.18. The van der Waals surface area contributed by atoms with Crippen molar-refractivity contribution in [2.24, 2.45) is 0 Å². The molecule has 0 saturated carbocycles. The largest absolute Gasteiger partial charge is 0.400 e. The second-order valence-electron chi connectivity index (χ2n) is 4.57. The first-order valence-corrected chi connectivity index (χ1v) is 7.00. The summed E-state index contributed by atoms with van der Waals surface area (Å²) in [7, 11) is 1.00. The van der Waals surface area contributed by atoms with E-state index in [1.54, 1.807) is 0 Å². The van der Waals surface area contributed by atoms with E-state index in [-0.39, 0.29) is 0 Å². The molecule has 0 aromatic rings. The summed E-state index contributed by atoms with van der Waals surface area (Å²) < 4.78 is 5.18. The van der Waals surface area contributed by atoms with Crippen molar-refractivity contribution in [2.45, 2.75) is 77.2 Å². The molecule has 1 fully saturated rings. The van der Waals surface area contributed by atoms with Crippen molar-refractivity contribution in [1.82, 2.24) is 0 Å². The van der Waals surface area contributed by atoms with Gasteiger partial charge in [0.1, 0.15) is 0 Å². The van der Waals surface area contributed by atoms with Crippen LogP contribution in [0.15, 0.2) is 0 Å². The molecule has 2 nitrogen and oxygen atoms in total. The van der Waals surface area contributed by atoms with Gasteiger partial charge in [0.2, 0.25) is 0 Å². The molecule has 1 saturated heterocycles. The summed E-state index contributed by atoms with van der Waals surface area (Å²) in [6.07, 6.45) is 14.8. The number of aliphatic hydroxyl groups excluding tert-OH is 1. The summed E-state index contributed by atoms with van der Waals surface area (Å²) in [6.45, 7) is 3.32. The van der Waals surface area contributed by atoms with Gasteiger partial charge in [-0.1, -0.05) is 64.7 Å². The Hall–Kier alpha value is -0.0800. The quantitative estimate of drug-likeness (QED) is 0.456. The van der Waals surface area contributed by atoms with E-state index in [0.717, 1.165) is 13.7 Å². The van der Waals surface area contributed by atoms with Crippen LogP contribution in [0, 0.1) is 0 Å². The van der Waals surface area contributed by atoms with Gasteiger partial charge >= 0.3 is 0 Å². The second kappa shape index (κ2) is 13.0. The van der Waals surface area contributed by atoms with Crippen LogP contribution in [0.25, 0.3) is 0 Å². The standard InChI is InChI=1S/C13H26O.CH4O/c1-2-3-4-5-6-7-8-9-10-11-13-12-14-13;1-2/h13H,2-12H2,1H3;2H,1H3/t13-;/m0./s1. The minimum absolute atomic E-state index is 0.652. The fourth-order valence-electron chi connectivity index (χ4n) is 1.92. The van der Waals surface area contributed by atoms with Gasteiger partial charge in [-0.15, -0.1) is 0 Å². The molecule has 1 aliphatic rings. The van der Waals surface area contributed by atoms with Crippen molar-refractivity contribution in [1.29, 1.82) is 0 Å². The maximum absolute atomic E-state index is 7.00. The predicted octanol–water partition coefficient (Wildman–Crippen LogP) is 3.91. The first kappa shape index (κ1) is 15.9. The van der Waals surface area contributed by atoms with Gasteiger partial charge in [0.25, 0.3) is 0 Å². The molecule has 16 heavy (non-hydrogen) atoms. The van der Waals surface area contributed by atoms with Gasteiger partial charge in [0.15, 0.2) is 0 Å². The predicted molar refractivity (Wildman–Crippen MR) is 69.7 cm³/mol. The number of hydrogen-bond acceptors (Lipinski definition) is 2. The number of ether oxygens (including phenoxy) is 1. The topological polar surface area (TPSA) is 32.8 Å². The van der Waals surface area contributed by atoms with Crippen molar-refractivity contribution < 1.29 is 9.84 Å². The van der Waals surface area contributed by atoms with Crippen LogP contribution >= 0.6 is 0 Å². The van der Waals surface area contributed by atoms with E-state index in [1.807, 2.05) is 0 Å². The van der Waals surface area contributed by atoms with E-state index in [2.05, 4.69) is 6.92 Å². The SMILES string of the molecule is CCCCCCCCCCC[C@H]1CO1.CO. The molecular formula is C14H30O2. The molecule has 0 aromatic carbocycles. The van der Waals surface area contributed by atoms with Gasteiger partial charge in [-0.3, -0.25) is 0 Å². The third-order valence-electron chi connectivity index (χ3n) is 3.03. The third kappa shape index (κ3) is 12.0. The van der Waals surface area contributed by atoms with Crippen molar-refractivity contribution in [3.05, 3.63) is 0 Å². The molecule has 2 heteroatoms. The van der Waals surface area contributed by atoms with Crippen LogP contribution in [0.1, 0.15) is 71.1 Å². The molecule has 1 heterocycles. The zero-order valence-corrected chi connectivity index (χ0v) is 11.2. The molecule has 1 atom stereocenters. The smallest absolute Gasteiger partial charge is 0.0810 e. The van der Waals surface area contributed by atoms with Crippen molar-refractivity contribution in [3.8, 4) is 0 Å². The lowest BCUT2D eigenvalue weighted by molar-refractivity contribution is 0.387. The van der Waals surface area contributed by atoms with Crippen molar-refractivity contribution in [3.63, 3.8) is 0 Å². The van der Waals surface area contributed by atoms with Crippen LogP contribution in [0.5, 0.6) is 0 Å². The number of aliphatic hydroxyl groups is 1. The van der Waals surface area contributed by atoms with E-state index in [4.69, 9.17) is 9.84 Å². The fraction of sp³-hybridized carbons (Fsp3) is 1.00. The van der Waals surface area contributed by atoms with E-state index in [9.17, 15) is 0 Å². The molecule has 0 radical (unpaired) electrons. The Morgan fingerprint density at radius 3 is 1.75 bits per heavy atom. The van der Waals surface area contributed by atoms with Crippen LogP contribution in [0.4, 0.5) is 0 Å². The van der Waals surface area contributed by atoms with Gasteiger partial charge in [0.05, 0.1) is 12.7 Å². The van der Waals surface area contributed by atoms with E-state index in [1.165, 1.54) is 64.2 Å². The molecule has 98 valence electrons. The Bertz CT molecular complexity index is 122. The maximum Gasteiger partial charge on any atom is 0.0810 e. The summed E-state index contributed by atoms with van der Waals surface area (Å²) in [6, 6.07) is 0. The molecule has 0 unspecified atom stereocenters. The molecule has 0 aromatic heterocycles. The minimum atomic E-state index is 0.652. The Morgan fingerprint density at radius 2 is 1.31 bits per heavy atom. The van der Waals surface area contributed by atoms with Gasteiger partial charge in [0, 0.05) is 7.11 Å². The van der Waals surface area contributed by atoms with E-state index in [0.29, 0.717) is 6.10 Å². The Morgan fingerprint density at radius 1 is 0.875 bits per heavy atom. The van der Waals surface area contributed by atoms with Crippen molar-refractivity contribution in [2.75, 3.05) is 13.7 Å². The first-order valence-electron chi connectivity index (χ1n) is 7.00. The van der Waals surface area contributed by atoms with Gasteiger partial charge in [-0.25, -0.2) is 0 Å². The van der Waals surface area contributed by atoms with Gasteiger partial charge in [-0.05, 0) is 6.42 Å². The normalized spacial score (nSPS) is 17.8. The lowest BCUT2D eigenvalue weighted by atomic mass is 10.1. The molecule has 0 bridgehead atoms. The zero-order chi connectivity index (χ0) is 12.1. The summed E-state index contributed by atoms with van der Waals surface area (Å²) in [5.74, 6) is 0. The Balaban J connectivity index is 0.00000106. The average molecular weight is 230 g/mol. The molecule has 0 amide bonds. The summed E-state index contributed by atoms with van der Waals surface area (Å²) in [5, 5.41) is 7.00. The van der Waals surface area contributed by atoms with Crippen LogP contribution in [0.3, 0.4) is 0 Å². The molecule has 1 N–H and O–H groups in total. The zero-order valence-electron chi connectivity index (χ0n) is 11.2. The first-order chi connectivity index (χ1) is 7.93.